The minimum absolute atomic E-state index is 0.0624. The summed E-state index contributed by atoms with van der Waals surface area (Å²) in [7, 11) is 0. The van der Waals surface area contributed by atoms with Crippen LogP contribution in [0.15, 0.2) is 30.6 Å². The predicted octanol–water partition coefficient (Wildman–Crippen LogP) is 4.04. The molecule has 0 atom stereocenters. The molecule has 3 heterocycles. The van der Waals surface area contributed by atoms with E-state index in [2.05, 4.69) is 32.5 Å². The molecule has 26 heavy (non-hydrogen) atoms. The smallest absolute Gasteiger partial charge is 0.249 e. The van der Waals surface area contributed by atoms with Gasteiger partial charge in [-0.2, -0.15) is 4.98 Å². The number of aromatic nitrogens is 3. The van der Waals surface area contributed by atoms with E-state index in [1.54, 1.807) is 6.07 Å². The summed E-state index contributed by atoms with van der Waals surface area (Å²) in [5.41, 5.74) is 0.935. The quantitative estimate of drug-likeness (QED) is 0.651. The molecule has 1 saturated heterocycles. The van der Waals surface area contributed by atoms with Crippen LogP contribution in [0.1, 0.15) is 6.92 Å². The molecule has 9 heteroatoms. The molecule has 0 spiro atoms. The van der Waals surface area contributed by atoms with E-state index in [9.17, 15) is 4.39 Å². The Morgan fingerprint density at radius 2 is 2.00 bits per heavy atom. The molecule has 0 unspecified atom stereocenters. The summed E-state index contributed by atoms with van der Waals surface area (Å²) in [4.78, 5) is 12.8. The number of pyridine rings is 1. The summed E-state index contributed by atoms with van der Waals surface area (Å²) >= 11 is 11.6. The van der Waals surface area contributed by atoms with Gasteiger partial charge in [-0.15, -0.1) is 0 Å². The van der Waals surface area contributed by atoms with Crippen molar-refractivity contribution in [3.05, 3.63) is 46.5 Å². The highest BCUT2D eigenvalue weighted by molar-refractivity contribution is 6.42. The zero-order valence-corrected chi connectivity index (χ0v) is 15.2. The number of nitrogens with zero attached hydrogens (tertiary/aromatic N) is 3. The molecule has 1 aliphatic heterocycles. The van der Waals surface area contributed by atoms with Crippen LogP contribution in [0.5, 0.6) is 11.6 Å². The lowest BCUT2D eigenvalue weighted by Crippen LogP contribution is -2.62. The van der Waals surface area contributed by atoms with Crippen LogP contribution in [-0.2, 0) is 0 Å². The molecule has 0 bridgehead atoms. The van der Waals surface area contributed by atoms with Gasteiger partial charge >= 0.3 is 0 Å². The van der Waals surface area contributed by atoms with Gasteiger partial charge in [-0.25, -0.2) is 14.4 Å². The fourth-order valence-corrected chi connectivity index (χ4v) is 2.95. The average Bonchev–Trinajstić information content (AvgIpc) is 2.61. The maximum Gasteiger partial charge on any atom is 0.249 e. The first kappa shape index (κ1) is 17.2. The number of benzene rings is 1. The fourth-order valence-electron chi connectivity index (χ4n) is 2.65. The summed E-state index contributed by atoms with van der Waals surface area (Å²) in [6, 6.07) is 6.49. The van der Waals surface area contributed by atoms with Gasteiger partial charge in [-0.3, -0.25) is 0 Å². The molecule has 3 aromatic rings. The molecule has 1 fully saturated rings. The molecule has 6 nitrogen and oxygen atoms in total. The van der Waals surface area contributed by atoms with Crippen LogP contribution in [0, 0.1) is 5.82 Å². The van der Waals surface area contributed by atoms with Crippen molar-refractivity contribution >= 4 is 40.1 Å². The minimum Gasteiger partial charge on any atom is -0.434 e. The van der Waals surface area contributed by atoms with Crippen molar-refractivity contribution in [2.24, 2.45) is 0 Å². The summed E-state index contributed by atoms with van der Waals surface area (Å²) in [6.07, 6.45) is 1.33. The van der Waals surface area contributed by atoms with Gasteiger partial charge in [0.25, 0.3) is 0 Å². The largest absolute Gasteiger partial charge is 0.434 e. The minimum atomic E-state index is -0.756. The Balaban J connectivity index is 1.71. The van der Waals surface area contributed by atoms with Gasteiger partial charge in [0.15, 0.2) is 17.1 Å². The van der Waals surface area contributed by atoms with Crippen LogP contribution in [0.25, 0.3) is 11.0 Å². The second-order valence-electron chi connectivity index (χ2n) is 6.31. The highest BCUT2D eigenvalue weighted by atomic mass is 35.5. The van der Waals surface area contributed by atoms with Crippen molar-refractivity contribution in [2.75, 3.05) is 18.4 Å². The third-order valence-corrected chi connectivity index (χ3v) is 4.90. The van der Waals surface area contributed by atoms with Crippen LogP contribution in [0.4, 0.5) is 10.2 Å². The second kappa shape index (κ2) is 6.50. The number of fused-ring (bicyclic) bond motifs is 1. The first-order chi connectivity index (χ1) is 12.5. The van der Waals surface area contributed by atoms with E-state index in [4.69, 9.17) is 27.9 Å². The average molecular weight is 394 g/mol. The van der Waals surface area contributed by atoms with E-state index in [-0.39, 0.29) is 27.2 Å². The number of hydrogen-bond donors (Lipinski definition) is 2. The van der Waals surface area contributed by atoms with E-state index >= 15 is 0 Å². The van der Waals surface area contributed by atoms with Crippen molar-refractivity contribution < 1.29 is 9.13 Å². The lowest BCUT2D eigenvalue weighted by molar-refractivity contribution is 0.338. The van der Waals surface area contributed by atoms with Crippen LogP contribution in [0.3, 0.4) is 0 Å². The predicted molar refractivity (Wildman–Crippen MR) is 98.7 cm³/mol. The summed E-state index contributed by atoms with van der Waals surface area (Å²) < 4.78 is 19.9. The summed E-state index contributed by atoms with van der Waals surface area (Å²) in [6.45, 7) is 3.78. The molecule has 0 saturated carbocycles. The highest BCUT2D eigenvalue weighted by Crippen LogP contribution is 2.34. The molecule has 0 radical (unpaired) electrons. The number of hydrogen-bond acceptors (Lipinski definition) is 6. The van der Waals surface area contributed by atoms with Gasteiger partial charge in [0, 0.05) is 13.1 Å². The van der Waals surface area contributed by atoms with Crippen LogP contribution < -0.4 is 15.4 Å². The lowest BCUT2D eigenvalue weighted by Gasteiger charge is -2.40. The van der Waals surface area contributed by atoms with Crippen LogP contribution in [0.2, 0.25) is 10.0 Å². The molecule has 2 N–H and O–H groups in total. The fraction of sp³-hybridized carbons (Fsp3) is 0.235. The molecule has 4 rings (SSSR count). The van der Waals surface area contributed by atoms with Crippen molar-refractivity contribution in [1.29, 1.82) is 0 Å². The second-order valence-corrected chi connectivity index (χ2v) is 7.09. The first-order valence-corrected chi connectivity index (χ1v) is 8.63. The molecule has 0 amide bonds. The van der Waals surface area contributed by atoms with Gasteiger partial charge in [-0.1, -0.05) is 23.2 Å². The highest BCUT2D eigenvalue weighted by Gasteiger charge is 2.31. The Labute approximate surface area is 158 Å². The number of halogens is 3. The molecule has 2 aromatic heterocycles. The number of anilines is 1. The van der Waals surface area contributed by atoms with E-state index in [1.165, 1.54) is 18.5 Å². The normalized spacial score (nSPS) is 15.5. The van der Waals surface area contributed by atoms with Crippen molar-refractivity contribution in [2.45, 2.75) is 12.5 Å². The van der Waals surface area contributed by atoms with E-state index < -0.39 is 5.82 Å². The van der Waals surface area contributed by atoms with Gasteiger partial charge in [0.2, 0.25) is 5.88 Å². The Bertz CT molecular complexity index is 996. The number of nitrogens with one attached hydrogen (secondary N) is 2. The Hall–Kier alpha value is -2.22. The summed E-state index contributed by atoms with van der Waals surface area (Å²) in [5, 5.41) is 6.49. The zero-order valence-electron chi connectivity index (χ0n) is 13.7. The lowest BCUT2D eigenvalue weighted by atomic mass is 9.95. The first-order valence-electron chi connectivity index (χ1n) is 7.87. The Kier molecular flexibility index (Phi) is 4.30. The van der Waals surface area contributed by atoms with Crippen LogP contribution >= 0.6 is 23.2 Å². The monoisotopic (exact) mass is 393 g/mol. The maximum atomic E-state index is 14.3. The third kappa shape index (κ3) is 3.13. The van der Waals surface area contributed by atoms with Gasteiger partial charge in [0.1, 0.15) is 12.1 Å². The van der Waals surface area contributed by atoms with Gasteiger partial charge < -0.3 is 15.4 Å². The van der Waals surface area contributed by atoms with Gasteiger partial charge in [-0.05, 0) is 31.2 Å². The zero-order chi connectivity index (χ0) is 18.3. The Morgan fingerprint density at radius 1 is 1.19 bits per heavy atom. The van der Waals surface area contributed by atoms with Crippen LogP contribution in [-0.4, -0.2) is 33.6 Å². The van der Waals surface area contributed by atoms with E-state index in [1.807, 2.05) is 6.07 Å². The molecular formula is C17H14Cl2FN5O. The van der Waals surface area contributed by atoms with Crippen molar-refractivity contribution in [3.63, 3.8) is 0 Å². The number of rotatable bonds is 4. The Morgan fingerprint density at radius 3 is 2.73 bits per heavy atom. The maximum absolute atomic E-state index is 14.3. The summed E-state index contributed by atoms with van der Waals surface area (Å²) in [5.74, 6) is -0.0495. The standard InChI is InChI=1S/C17H14Cl2FN5O/c1-17(6-21-7-17)25-12-5-3-10-15(24-12)16(23-8-22-10)26-11-4-2-9(18)13(19)14(11)20/h2-5,8,21H,6-7H2,1H3,(H,24,25). The molecule has 1 aromatic carbocycles. The molecule has 0 aliphatic carbocycles. The topological polar surface area (TPSA) is 72.0 Å². The third-order valence-electron chi connectivity index (χ3n) is 4.11. The van der Waals surface area contributed by atoms with Crippen molar-refractivity contribution in [3.8, 4) is 11.6 Å². The SMILES string of the molecule is CC1(Nc2ccc3ncnc(Oc4ccc(Cl)c(Cl)c4F)c3n2)CNC1. The molecular weight excluding hydrogens is 380 g/mol. The van der Waals surface area contributed by atoms with E-state index in [0.717, 1.165) is 13.1 Å². The van der Waals surface area contributed by atoms with Crippen molar-refractivity contribution in [1.82, 2.24) is 20.3 Å². The molecule has 134 valence electrons. The molecule has 1 aliphatic rings. The number of ether oxygens (including phenoxy) is 1. The van der Waals surface area contributed by atoms with E-state index in [0.29, 0.717) is 16.9 Å². The van der Waals surface area contributed by atoms with Gasteiger partial charge in [0.05, 0.1) is 21.1 Å².